The van der Waals surface area contributed by atoms with E-state index in [1.165, 1.54) is 6.07 Å². The molecule has 7 rings (SSSR count). The molecule has 5 heterocycles. The molecule has 12 nitrogen and oxygen atoms in total. The number of aromatic nitrogens is 3. The molecular weight excluding hydrogens is 716 g/mol. The standard InChI is InChI=1S/C43H53FN6O6/c1-6-15-42(4,5)55-20-17-41(2,3)48-40(51)30-12-13-34-35(22-30)50(24-32-14-19-52-32)38(46-34)26-49-18-16-43(37(25-49)54-28-56-43)36-8-7-9-39(47-36)53-27-31-11-10-29(23-45)21-33(31)44/h7-13,21-22,32,37H,6,14-20,24-28H2,1-5H3,(H,48,51)/t32?,37-,43-/m1/s1. The van der Waals surface area contributed by atoms with Crippen LogP contribution in [-0.2, 0) is 44.2 Å². The zero-order valence-corrected chi connectivity index (χ0v) is 33.1. The van der Waals surface area contributed by atoms with Crippen LogP contribution in [-0.4, -0.2) is 81.8 Å². The number of carbonyl (C=O) groups excluding carboxylic acids is 1. The Balaban J connectivity index is 1.04. The lowest BCUT2D eigenvalue weighted by molar-refractivity contribution is -0.0609. The van der Waals surface area contributed by atoms with Gasteiger partial charge in [0.15, 0.2) is 0 Å². The summed E-state index contributed by atoms with van der Waals surface area (Å²) < 4.78 is 47.1. The van der Waals surface area contributed by atoms with Gasteiger partial charge in [0.2, 0.25) is 5.88 Å². The van der Waals surface area contributed by atoms with E-state index in [1.54, 1.807) is 18.2 Å². The predicted octanol–water partition coefficient (Wildman–Crippen LogP) is 6.78. The van der Waals surface area contributed by atoms with E-state index in [-0.39, 0.29) is 42.7 Å². The highest BCUT2D eigenvalue weighted by Gasteiger charge is 2.51. The average molecular weight is 769 g/mol. The predicted molar refractivity (Wildman–Crippen MR) is 207 cm³/mol. The van der Waals surface area contributed by atoms with Crippen molar-refractivity contribution in [2.45, 2.75) is 115 Å². The van der Waals surface area contributed by atoms with Crippen molar-refractivity contribution in [3.05, 3.63) is 88.6 Å². The Morgan fingerprint density at radius 2 is 1.95 bits per heavy atom. The number of hydrogen-bond acceptors (Lipinski definition) is 10. The molecule has 3 aliphatic heterocycles. The molecule has 298 valence electrons. The lowest BCUT2D eigenvalue weighted by Gasteiger charge is -2.41. The first-order chi connectivity index (χ1) is 26.9. The normalized spacial score (nSPS) is 21.4. The smallest absolute Gasteiger partial charge is 0.251 e. The number of hydrogen-bond donors (Lipinski definition) is 1. The third-order valence-electron chi connectivity index (χ3n) is 11.2. The van der Waals surface area contributed by atoms with Crippen molar-refractivity contribution >= 4 is 16.9 Å². The lowest BCUT2D eigenvalue weighted by Crippen LogP contribution is -2.52. The number of nitrogens with one attached hydrogen (secondary N) is 1. The first-order valence-corrected chi connectivity index (χ1v) is 19.7. The number of benzene rings is 2. The van der Waals surface area contributed by atoms with Crippen molar-refractivity contribution in [2.24, 2.45) is 0 Å². The van der Waals surface area contributed by atoms with E-state index < -0.39 is 17.0 Å². The van der Waals surface area contributed by atoms with E-state index in [4.69, 9.17) is 38.9 Å². The van der Waals surface area contributed by atoms with Gasteiger partial charge in [-0.2, -0.15) is 5.26 Å². The maximum absolute atomic E-state index is 14.5. The summed E-state index contributed by atoms with van der Waals surface area (Å²) in [5, 5.41) is 12.3. The van der Waals surface area contributed by atoms with E-state index in [9.17, 15) is 9.18 Å². The third kappa shape index (κ3) is 8.90. The second kappa shape index (κ2) is 16.6. The van der Waals surface area contributed by atoms with E-state index in [1.807, 2.05) is 50.2 Å². The molecule has 0 bridgehead atoms. The Morgan fingerprint density at radius 1 is 1.11 bits per heavy atom. The van der Waals surface area contributed by atoms with Crippen LogP contribution in [0.4, 0.5) is 4.39 Å². The Bertz CT molecular complexity index is 2080. The number of rotatable bonds is 16. The molecule has 1 unspecified atom stereocenters. The summed E-state index contributed by atoms with van der Waals surface area (Å²) in [6.07, 6.45) is 4.15. The molecule has 56 heavy (non-hydrogen) atoms. The van der Waals surface area contributed by atoms with Gasteiger partial charge in [0.05, 0.1) is 53.2 Å². The fraction of sp³-hybridized carbons (Fsp3) is 0.535. The number of ether oxygens (including phenoxy) is 5. The number of piperidine rings is 1. The molecule has 3 atom stereocenters. The highest BCUT2D eigenvalue weighted by Crippen LogP contribution is 2.42. The monoisotopic (exact) mass is 768 g/mol. The Hall–Kier alpha value is -4.45. The van der Waals surface area contributed by atoms with Crippen molar-refractivity contribution in [1.29, 1.82) is 5.26 Å². The summed E-state index contributed by atoms with van der Waals surface area (Å²) in [4.78, 5) is 25.8. The summed E-state index contributed by atoms with van der Waals surface area (Å²) >= 11 is 0. The highest BCUT2D eigenvalue weighted by molar-refractivity contribution is 5.97. The number of likely N-dealkylation sites (tertiary alicyclic amines) is 1. The quantitative estimate of drug-likeness (QED) is 0.130. The third-order valence-corrected chi connectivity index (χ3v) is 11.2. The first kappa shape index (κ1) is 39.8. The van der Waals surface area contributed by atoms with E-state index in [0.717, 1.165) is 42.7 Å². The van der Waals surface area contributed by atoms with Gasteiger partial charge in [0.25, 0.3) is 5.91 Å². The van der Waals surface area contributed by atoms with Crippen LogP contribution in [0.25, 0.3) is 11.0 Å². The Morgan fingerprint density at radius 3 is 2.70 bits per heavy atom. The molecule has 2 aromatic carbocycles. The van der Waals surface area contributed by atoms with Gasteiger partial charge < -0.3 is 33.6 Å². The van der Waals surface area contributed by atoms with Crippen LogP contribution in [0.15, 0.2) is 54.6 Å². The van der Waals surface area contributed by atoms with Crippen LogP contribution in [0.5, 0.6) is 5.88 Å². The fourth-order valence-electron chi connectivity index (χ4n) is 7.83. The first-order valence-electron chi connectivity index (χ1n) is 19.7. The Kier molecular flexibility index (Phi) is 11.8. The van der Waals surface area contributed by atoms with Crippen LogP contribution in [0.3, 0.4) is 0 Å². The molecule has 0 aliphatic carbocycles. The molecule has 2 aromatic heterocycles. The summed E-state index contributed by atoms with van der Waals surface area (Å²) in [6, 6.07) is 17.5. The molecule has 1 amide bonds. The SMILES string of the molecule is CCCC(C)(C)OCCC(C)(C)NC(=O)c1ccc2nc(CN3CC[C@]4(c5cccc(OCc6ccc(C#N)cc6F)n5)OCO[C@@H]4C3)n(CC3CCO3)c2c1. The van der Waals surface area contributed by atoms with Crippen molar-refractivity contribution < 1.29 is 32.9 Å². The van der Waals surface area contributed by atoms with E-state index in [2.05, 4.69) is 35.6 Å². The second-order valence-electron chi connectivity index (χ2n) is 16.4. The Labute approximate surface area is 328 Å². The second-order valence-corrected chi connectivity index (χ2v) is 16.4. The highest BCUT2D eigenvalue weighted by atomic mass is 19.1. The number of nitriles is 1. The number of amides is 1. The van der Waals surface area contributed by atoms with Gasteiger partial charge in [0.1, 0.15) is 36.7 Å². The summed E-state index contributed by atoms with van der Waals surface area (Å²) in [5.74, 6) is 0.618. The minimum atomic E-state index is -0.761. The molecule has 0 saturated carbocycles. The molecule has 3 saturated heterocycles. The van der Waals surface area contributed by atoms with Gasteiger partial charge >= 0.3 is 0 Å². The van der Waals surface area contributed by atoms with Crippen LogP contribution in [0.1, 0.15) is 99.7 Å². The zero-order chi connectivity index (χ0) is 39.5. The van der Waals surface area contributed by atoms with Crippen LogP contribution in [0.2, 0.25) is 0 Å². The molecular formula is C43H53FN6O6. The summed E-state index contributed by atoms with van der Waals surface area (Å²) in [5.41, 5.74) is 2.20. The fourth-order valence-corrected chi connectivity index (χ4v) is 7.83. The molecule has 3 fully saturated rings. The van der Waals surface area contributed by atoms with Crippen LogP contribution < -0.4 is 10.1 Å². The number of fused-ring (bicyclic) bond motifs is 2. The maximum Gasteiger partial charge on any atom is 0.251 e. The zero-order valence-electron chi connectivity index (χ0n) is 33.1. The van der Waals surface area contributed by atoms with Crippen molar-refractivity contribution in [3.8, 4) is 11.9 Å². The van der Waals surface area contributed by atoms with Gasteiger partial charge in [0, 0.05) is 49.0 Å². The maximum atomic E-state index is 14.5. The number of carbonyl (C=O) groups is 1. The summed E-state index contributed by atoms with van der Waals surface area (Å²) in [6.45, 7) is 14.4. The van der Waals surface area contributed by atoms with Crippen LogP contribution >= 0.6 is 0 Å². The van der Waals surface area contributed by atoms with Gasteiger partial charge in [-0.1, -0.05) is 25.5 Å². The molecule has 13 heteroatoms. The van der Waals surface area contributed by atoms with Crippen molar-refractivity contribution in [2.75, 3.05) is 33.1 Å². The largest absolute Gasteiger partial charge is 0.473 e. The topological polar surface area (TPSA) is 133 Å². The molecule has 0 radical (unpaired) electrons. The van der Waals surface area contributed by atoms with Crippen molar-refractivity contribution in [1.82, 2.24) is 24.8 Å². The lowest BCUT2D eigenvalue weighted by atomic mass is 9.85. The molecule has 4 aromatic rings. The molecule has 3 aliphatic rings. The van der Waals surface area contributed by atoms with E-state index >= 15 is 0 Å². The minimum Gasteiger partial charge on any atom is -0.473 e. The average Bonchev–Trinajstić information content (AvgIpc) is 3.73. The van der Waals surface area contributed by atoms with Crippen molar-refractivity contribution in [3.63, 3.8) is 0 Å². The summed E-state index contributed by atoms with van der Waals surface area (Å²) in [7, 11) is 0. The molecule has 1 N–H and O–H groups in total. The van der Waals surface area contributed by atoms with Gasteiger partial charge in [-0.15, -0.1) is 0 Å². The van der Waals surface area contributed by atoms with E-state index in [0.29, 0.717) is 68.3 Å². The number of halogens is 1. The number of nitrogens with zero attached hydrogens (tertiary/aromatic N) is 5. The minimum absolute atomic E-state index is 0.0279. The van der Waals surface area contributed by atoms with Crippen LogP contribution in [0, 0.1) is 17.1 Å². The number of pyridine rings is 1. The molecule has 0 spiro atoms. The van der Waals surface area contributed by atoms with Gasteiger partial charge in [-0.25, -0.2) is 14.4 Å². The van der Waals surface area contributed by atoms with Gasteiger partial charge in [-0.3, -0.25) is 9.69 Å². The number of imidazole rings is 1. The van der Waals surface area contributed by atoms with Gasteiger partial charge in [-0.05, 0) is 89.8 Å².